The maximum atomic E-state index is 12.9. The Hall–Kier alpha value is -1.15. The molecule has 1 nitrogen and oxygen atoms in total. The number of benzene rings is 1. The molecule has 2 rings (SSSR count). The number of carbonyl (C=O) groups excluding carboxylic acids is 1. The second-order valence-corrected chi connectivity index (χ2v) is 3.67. The zero-order valence-corrected chi connectivity index (χ0v) is 8.14. The Morgan fingerprint density at radius 3 is 2.71 bits per heavy atom. The topological polar surface area (TPSA) is 17.1 Å². The highest BCUT2D eigenvalue weighted by Gasteiger charge is 2.16. The van der Waals surface area contributed by atoms with E-state index >= 15 is 0 Å². The lowest BCUT2D eigenvalue weighted by Gasteiger charge is -2.04. The third kappa shape index (κ3) is 1.70. The lowest BCUT2D eigenvalue weighted by Crippen LogP contribution is -1.84. The molecule has 1 aliphatic rings. The van der Waals surface area contributed by atoms with Crippen molar-refractivity contribution < 1.29 is 9.18 Å². The van der Waals surface area contributed by atoms with Crippen molar-refractivity contribution in [1.29, 1.82) is 0 Å². The van der Waals surface area contributed by atoms with E-state index in [0.29, 0.717) is 23.4 Å². The molecule has 0 unspecified atom stereocenters. The minimum atomic E-state index is -0.329. The fourth-order valence-corrected chi connectivity index (χ4v) is 1.79. The van der Waals surface area contributed by atoms with Crippen molar-refractivity contribution in [2.75, 3.05) is 0 Å². The molecule has 0 amide bonds. The first-order valence-corrected chi connectivity index (χ1v) is 4.73. The molecule has 3 heteroatoms. The van der Waals surface area contributed by atoms with Gasteiger partial charge in [-0.2, -0.15) is 0 Å². The van der Waals surface area contributed by atoms with Crippen LogP contribution in [-0.4, -0.2) is 5.78 Å². The summed E-state index contributed by atoms with van der Waals surface area (Å²) < 4.78 is 12.9. The van der Waals surface area contributed by atoms with Crippen molar-refractivity contribution in [1.82, 2.24) is 0 Å². The standard InChI is InChI=1S/C11H8ClFO/c12-11-4-2-8(13)6-10(11)7-1-3-9(14)5-7/h2,4-6H,1,3H2. The summed E-state index contributed by atoms with van der Waals surface area (Å²) in [7, 11) is 0. The third-order valence-corrected chi connectivity index (χ3v) is 2.58. The van der Waals surface area contributed by atoms with Gasteiger partial charge in [-0.05, 0) is 41.8 Å². The molecule has 0 aromatic heterocycles. The Balaban J connectivity index is 2.46. The van der Waals surface area contributed by atoms with Crippen LogP contribution in [0.4, 0.5) is 4.39 Å². The minimum Gasteiger partial charge on any atom is -0.295 e. The first-order chi connectivity index (χ1) is 6.66. The molecule has 0 bridgehead atoms. The number of carbonyl (C=O) groups is 1. The maximum absolute atomic E-state index is 12.9. The van der Waals surface area contributed by atoms with E-state index in [4.69, 9.17) is 11.6 Å². The van der Waals surface area contributed by atoms with Crippen molar-refractivity contribution in [2.45, 2.75) is 12.8 Å². The number of hydrogen-bond acceptors (Lipinski definition) is 1. The Labute approximate surface area is 86.2 Å². The monoisotopic (exact) mass is 210 g/mol. The van der Waals surface area contributed by atoms with Gasteiger partial charge in [-0.3, -0.25) is 4.79 Å². The van der Waals surface area contributed by atoms with E-state index in [1.165, 1.54) is 18.2 Å². The number of allylic oxidation sites excluding steroid dienone is 2. The molecule has 0 saturated carbocycles. The Bertz CT molecular complexity index is 423. The molecule has 0 radical (unpaired) electrons. The van der Waals surface area contributed by atoms with Crippen LogP contribution in [-0.2, 0) is 4.79 Å². The molecule has 0 atom stereocenters. The Kier molecular flexibility index (Phi) is 2.38. The van der Waals surface area contributed by atoms with Crippen LogP contribution in [0.3, 0.4) is 0 Å². The average Bonchev–Trinajstić information content (AvgIpc) is 2.56. The fraction of sp³-hybridized carbons (Fsp3) is 0.182. The number of ketones is 1. The Morgan fingerprint density at radius 2 is 2.07 bits per heavy atom. The van der Waals surface area contributed by atoms with Gasteiger partial charge < -0.3 is 0 Å². The summed E-state index contributed by atoms with van der Waals surface area (Å²) in [6.45, 7) is 0. The van der Waals surface area contributed by atoms with Crippen LogP contribution in [0, 0.1) is 5.82 Å². The van der Waals surface area contributed by atoms with E-state index in [0.717, 1.165) is 5.57 Å². The number of hydrogen-bond donors (Lipinski definition) is 0. The zero-order chi connectivity index (χ0) is 10.1. The second-order valence-electron chi connectivity index (χ2n) is 3.26. The highest BCUT2D eigenvalue weighted by molar-refractivity contribution is 6.32. The highest BCUT2D eigenvalue weighted by atomic mass is 35.5. The van der Waals surface area contributed by atoms with Gasteiger partial charge in [0.25, 0.3) is 0 Å². The molecule has 72 valence electrons. The molecular formula is C11H8ClFO. The fourth-order valence-electron chi connectivity index (χ4n) is 1.55. The van der Waals surface area contributed by atoms with Gasteiger partial charge in [-0.25, -0.2) is 4.39 Å². The van der Waals surface area contributed by atoms with Crippen molar-refractivity contribution in [3.05, 3.63) is 40.7 Å². The van der Waals surface area contributed by atoms with Gasteiger partial charge in [-0.1, -0.05) is 11.6 Å². The summed E-state index contributed by atoms with van der Waals surface area (Å²) in [6.07, 6.45) is 2.70. The van der Waals surface area contributed by atoms with E-state index < -0.39 is 0 Å². The summed E-state index contributed by atoms with van der Waals surface area (Å²) in [5.41, 5.74) is 1.47. The smallest absolute Gasteiger partial charge is 0.156 e. The predicted octanol–water partition coefficient (Wildman–Crippen LogP) is 3.23. The minimum absolute atomic E-state index is 0.0836. The maximum Gasteiger partial charge on any atom is 0.156 e. The second kappa shape index (κ2) is 3.54. The first-order valence-electron chi connectivity index (χ1n) is 4.35. The van der Waals surface area contributed by atoms with Crippen molar-refractivity contribution >= 4 is 23.0 Å². The highest BCUT2D eigenvalue weighted by Crippen LogP contribution is 2.31. The van der Waals surface area contributed by atoms with Gasteiger partial charge in [0.15, 0.2) is 5.78 Å². The van der Waals surface area contributed by atoms with Crippen LogP contribution in [0.15, 0.2) is 24.3 Å². The number of halogens is 2. The number of rotatable bonds is 1. The largest absolute Gasteiger partial charge is 0.295 e. The zero-order valence-electron chi connectivity index (χ0n) is 7.39. The van der Waals surface area contributed by atoms with Crippen molar-refractivity contribution in [3.63, 3.8) is 0 Å². The molecule has 0 aliphatic heterocycles. The molecule has 0 N–H and O–H groups in total. The molecule has 0 heterocycles. The van der Waals surface area contributed by atoms with Gasteiger partial charge in [0.1, 0.15) is 5.82 Å². The molecule has 1 aliphatic carbocycles. The van der Waals surface area contributed by atoms with Gasteiger partial charge in [0, 0.05) is 11.4 Å². The average molecular weight is 211 g/mol. The lowest BCUT2D eigenvalue weighted by molar-refractivity contribution is -0.114. The van der Waals surface area contributed by atoms with E-state index in [2.05, 4.69) is 0 Å². The van der Waals surface area contributed by atoms with E-state index in [1.54, 1.807) is 6.08 Å². The summed E-state index contributed by atoms with van der Waals surface area (Å²) in [6, 6.07) is 4.19. The van der Waals surface area contributed by atoms with Crippen LogP contribution < -0.4 is 0 Å². The molecule has 0 saturated heterocycles. The van der Waals surface area contributed by atoms with Crippen molar-refractivity contribution in [2.24, 2.45) is 0 Å². The van der Waals surface area contributed by atoms with Crippen LogP contribution in [0.1, 0.15) is 18.4 Å². The molecule has 0 spiro atoms. The molecule has 1 aromatic carbocycles. The third-order valence-electron chi connectivity index (χ3n) is 2.25. The summed E-state index contributed by atoms with van der Waals surface area (Å²) >= 11 is 5.91. The Morgan fingerprint density at radius 1 is 1.29 bits per heavy atom. The molecule has 14 heavy (non-hydrogen) atoms. The summed E-state index contributed by atoms with van der Waals surface area (Å²) in [5, 5.41) is 0.493. The predicted molar refractivity (Wildman–Crippen MR) is 53.6 cm³/mol. The van der Waals surface area contributed by atoms with Crippen LogP contribution in [0.5, 0.6) is 0 Å². The SMILES string of the molecule is O=C1C=C(c2cc(F)ccc2Cl)CC1. The van der Waals surface area contributed by atoms with E-state index in [1.807, 2.05) is 0 Å². The van der Waals surface area contributed by atoms with E-state index in [9.17, 15) is 9.18 Å². The molecule has 0 fully saturated rings. The van der Waals surface area contributed by atoms with Gasteiger partial charge in [0.2, 0.25) is 0 Å². The van der Waals surface area contributed by atoms with Crippen molar-refractivity contribution in [3.8, 4) is 0 Å². The van der Waals surface area contributed by atoms with Gasteiger partial charge in [-0.15, -0.1) is 0 Å². The summed E-state index contributed by atoms with van der Waals surface area (Å²) in [5.74, 6) is -0.245. The molecular weight excluding hydrogens is 203 g/mol. The lowest BCUT2D eigenvalue weighted by atomic mass is 10.1. The summed E-state index contributed by atoms with van der Waals surface area (Å²) in [4.78, 5) is 11.0. The van der Waals surface area contributed by atoms with Crippen LogP contribution >= 0.6 is 11.6 Å². The quantitative estimate of drug-likeness (QED) is 0.696. The van der Waals surface area contributed by atoms with E-state index in [-0.39, 0.29) is 11.6 Å². The van der Waals surface area contributed by atoms with Gasteiger partial charge in [0.05, 0.1) is 0 Å². The normalized spacial score (nSPS) is 15.9. The van der Waals surface area contributed by atoms with Gasteiger partial charge >= 0.3 is 0 Å². The van der Waals surface area contributed by atoms with Crippen LogP contribution in [0.25, 0.3) is 5.57 Å². The first kappa shape index (κ1) is 9.41. The molecule has 1 aromatic rings. The van der Waals surface area contributed by atoms with Crippen LogP contribution in [0.2, 0.25) is 5.02 Å².